The number of carbonyl (C=O) groups excluding carboxylic acids is 1. The van der Waals surface area contributed by atoms with Crippen LogP contribution >= 0.6 is 0 Å². The van der Waals surface area contributed by atoms with E-state index in [0.717, 1.165) is 42.2 Å². The van der Waals surface area contributed by atoms with E-state index in [1.165, 1.54) is 5.56 Å². The van der Waals surface area contributed by atoms with Gasteiger partial charge in [-0.25, -0.2) is 0 Å². The van der Waals surface area contributed by atoms with Gasteiger partial charge >= 0.3 is 0 Å². The molecule has 1 aliphatic rings. The molecule has 4 rings (SSSR count). The van der Waals surface area contributed by atoms with Crippen LogP contribution in [0.5, 0.6) is 5.75 Å². The van der Waals surface area contributed by atoms with Crippen molar-refractivity contribution in [3.63, 3.8) is 0 Å². The predicted molar refractivity (Wildman–Crippen MR) is 116 cm³/mol. The van der Waals surface area contributed by atoms with E-state index in [4.69, 9.17) is 4.74 Å². The number of benzene rings is 2. The molecule has 1 amide bonds. The Labute approximate surface area is 171 Å². The molecular formula is C24H25N3O2. The van der Waals surface area contributed by atoms with E-state index < -0.39 is 0 Å². The number of hydrogen-bond donors (Lipinski definition) is 1. The maximum absolute atomic E-state index is 13.2. The average molecular weight is 387 g/mol. The monoisotopic (exact) mass is 387 g/mol. The molecule has 0 unspecified atom stereocenters. The predicted octanol–water partition coefficient (Wildman–Crippen LogP) is 5.21. The van der Waals surface area contributed by atoms with Gasteiger partial charge in [-0.2, -0.15) is 0 Å². The number of anilines is 3. The molecule has 3 aromatic rings. The quantitative estimate of drug-likeness (QED) is 0.653. The third kappa shape index (κ3) is 4.40. The van der Waals surface area contributed by atoms with Crippen molar-refractivity contribution in [1.82, 2.24) is 4.98 Å². The highest BCUT2D eigenvalue weighted by Crippen LogP contribution is 2.28. The summed E-state index contributed by atoms with van der Waals surface area (Å²) in [5.41, 5.74) is 4.49. The summed E-state index contributed by atoms with van der Waals surface area (Å²) in [6, 6.07) is 17.7. The van der Waals surface area contributed by atoms with Gasteiger partial charge in [-0.3, -0.25) is 9.78 Å². The number of rotatable bonds is 5. The van der Waals surface area contributed by atoms with Crippen molar-refractivity contribution in [1.29, 1.82) is 0 Å². The lowest BCUT2D eigenvalue weighted by atomic mass is 10.0. The fourth-order valence-electron chi connectivity index (χ4n) is 3.58. The smallest absolute Gasteiger partial charge is 0.259 e. The standard InChI is InChI=1S/C24H25N3O2/c1-17(2)29-22-11-9-20(10-12-22)26-21-14-19(15-25-16-21)24(28)27-13-5-7-18-6-3-4-8-23(18)27/h3-4,6,8-12,14-17,26H,5,7,13H2,1-2H3. The van der Waals surface area contributed by atoms with Crippen molar-refractivity contribution in [2.75, 3.05) is 16.8 Å². The summed E-state index contributed by atoms with van der Waals surface area (Å²) in [4.78, 5) is 19.3. The zero-order valence-corrected chi connectivity index (χ0v) is 16.8. The van der Waals surface area contributed by atoms with E-state index in [1.807, 2.05) is 67.3 Å². The Bertz CT molecular complexity index is 999. The topological polar surface area (TPSA) is 54.5 Å². The fraction of sp³-hybridized carbons (Fsp3) is 0.250. The molecule has 0 saturated heterocycles. The number of amides is 1. The first-order chi connectivity index (χ1) is 14.1. The van der Waals surface area contributed by atoms with Gasteiger partial charge in [-0.15, -0.1) is 0 Å². The van der Waals surface area contributed by atoms with Gasteiger partial charge in [0.2, 0.25) is 0 Å². The Morgan fingerprint density at radius 2 is 1.86 bits per heavy atom. The first kappa shape index (κ1) is 19.0. The van der Waals surface area contributed by atoms with Gasteiger partial charge in [0.1, 0.15) is 5.75 Å². The van der Waals surface area contributed by atoms with Crippen LogP contribution in [0.25, 0.3) is 0 Å². The summed E-state index contributed by atoms with van der Waals surface area (Å²) >= 11 is 0. The molecule has 1 N–H and O–H groups in total. The van der Waals surface area contributed by atoms with E-state index in [2.05, 4.69) is 16.4 Å². The van der Waals surface area contributed by atoms with Crippen LogP contribution < -0.4 is 15.0 Å². The number of aromatic nitrogens is 1. The van der Waals surface area contributed by atoms with Gasteiger partial charge in [0, 0.05) is 24.1 Å². The number of fused-ring (bicyclic) bond motifs is 1. The number of carbonyl (C=O) groups is 1. The Kier molecular flexibility index (Phi) is 5.47. The zero-order valence-electron chi connectivity index (χ0n) is 16.8. The van der Waals surface area contributed by atoms with Crippen LogP contribution in [0.1, 0.15) is 36.2 Å². The first-order valence-corrected chi connectivity index (χ1v) is 9.99. The Balaban J connectivity index is 1.51. The number of para-hydroxylation sites is 1. The Morgan fingerprint density at radius 3 is 2.66 bits per heavy atom. The van der Waals surface area contributed by atoms with Crippen molar-refractivity contribution in [2.45, 2.75) is 32.8 Å². The number of aryl methyl sites for hydroxylation is 1. The van der Waals surface area contributed by atoms with Crippen LogP contribution in [0.3, 0.4) is 0 Å². The molecule has 2 heterocycles. The van der Waals surface area contributed by atoms with E-state index >= 15 is 0 Å². The molecule has 29 heavy (non-hydrogen) atoms. The van der Waals surface area contributed by atoms with Crippen molar-refractivity contribution >= 4 is 23.0 Å². The lowest BCUT2D eigenvalue weighted by Crippen LogP contribution is -2.35. The van der Waals surface area contributed by atoms with Crippen molar-refractivity contribution in [3.05, 3.63) is 78.1 Å². The number of nitrogens with zero attached hydrogens (tertiary/aromatic N) is 2. The van der Waals surface area contributed by atoms with Gasteiger partial charge in [-0.1, -0.05) is 18.2 Å². The van der Waals surface area contributed by atoms with Crippen LogP contribution in [0.2, 0.25) is 0 Å². The molecule has 0 bridgehead atoms. The normalized spacial score (nSPS) is 13.1. The zero-order chi connectivity index (χ0) is 20.2. The SMILES string of the molecule is CC(C)Oc1ccc(Nc2cncc(C(=O)N3CCCc4ccccc43)c2)cc1. The molecule has 5 heteroatoms. The third-order valence-electron chi connectivity index (χ3n) is 4.86. The summed E-state index contributed by atoms with van der Waals surface area (Å²) in [7, 11) is 0. The van der Waals surface area contributed by atoms with Crippen LogP contribution in [0, 0.1) is 0 Å². The highest BCUT2D eigenvalue weighted by molar-refractivity contribution is 6.07. The number of hydrogen-bond acceptors (Lipinski definition) is 4. The molecular weight excluding hydrogens is 362 g/mol. The summed E-state index contributed by atoms with van der Waals surface area (Å²) in [6.07, 6.45) is 5.47. The first-order valence-electron chi connectivity index (χ1n) is 9.99. The second-order valence-electron chi connectivity index (χ2n) is 7.47. The van der Waals surface area contributed by atoms with E-state index in [0.29, 0.717) is 5.56 Å². The molecule has 0 saturated carbocycles. The molecule has 0 fully saturated rings. The van der Waals surface area contributed by atoms with Gasteiger partial charge in [0.15, 0.2) is 0 Å². The van der Waals surface area contributed by atoms with Gasteiger partial charge in [-0.05, 0) is 68.7 Å². The second kappa shape index (κ2) is 8.35. The molecule has 0 atom stereocenters. The van der Waals surface area contributed by atoms with Crippen LogP contribution in [0.4, 0.5) is 17.1 Å². The molecule has 0 spiro atoms. The minimum Gasteiger partial charge on any atom is -0.491 e. The maximum atomic E-state index is 13.2. The Morgan fingerprint density at radius 1 is 1.07 bits per heavy atom. The van der Waals surface area contributed by atoms with Gasteiger partial charge < -0.3 is 15.0 Å². The molecule has 5 nitrogen and oxygen atoms in total. The molecule has 1 aliphatic heterocycles. The molecule has 0 radical (unpaired) electrons. The average Bonchev–Trinajstić information content (AvgIpc) is 2.74. The van der Waals surface area contributed by atoms with Gasteiger partial charge in [0.05, 0.1) is 23.6 Å². The Hall–Kier alpha value is -3.34. The number of nitrogens with one attached hydrogen (secondary N) is 1. The minimum absolute atomic E-state index is 0.0195. The third-order valence-corrected chi connectivity index (χ3v) is 4.86. The summed E-state index contributed by atoms with van der Waals surface area (Å²) in [5.74, 6) is 0.811. The highest BCUT2D eigenvalue weighted by atomic mass is 16.5. The fourth-order valence-corrected chi connectivity index (χ4v) is 3.58. The van der Waals surface area contributed by atoms with E-state index in [-0.39, 0.29) is 12.0 Å². The van der Waals surface area contributed by atoms with Gasteiger partial charge in [0.25, 0.3) is 5.91 Å². The molecule has 2 aromatic carbocycles. The van der Waals surface area contributed by atoms with Crippen LogP contribution in [0.15, 0.2) is 67.0 Å². The summed E-state index contributed by atoms with van der Waals surface area (Å²) < 4.78 is 5.68. The van der Waals surface area contributed by atoms with Crippen LogP contribution in [-0.4, -0.2) is 23.5 Å². The highest BCUT2D eigenvalue weighted by Gasteiger charge is 2.23. The summed E-state index contributed by atoms with van der Waals surface area (Å²) in [5, 5.41) is 3.31. The van der Waals surface area contributed by atoms with E-state index in [1.54, 1.807) is 12.4 Å². The second-order valence-corrected chi connectivity index (χ2v) is 7.47. The molecule has 148 valence electrons. The lowest BCUT2D eigenvalue weighted by Gasteiger charge is -2.29. The van der Waals surface area contributed by atoms with E-state index in [9.17, 15) is 4.79 Å². The lowest BCUT2D eigenvalue weighted by molar-refractivity contribution is 0.0985. The molecule has 0 aliphatic carbocycles. The minimum atomic E-state index is -0.0195. The number of ether oxygens (including phenoxy) is 1. The summed E-state index contributed by atoms with van der Waals surface area (Å²) in [6.45, 7) is 4.73. The largest absolute Gasteiger partial charge is 0.491 e. The number of pyridine rings is 1. The van der Waals surface area contributed by atoms with Crippen LogP contribution in [-0.2, 0) is 6.42 Å². The van der Waals surface area contributed by atoms with Crippen molar-refractivity contribution < 1.29 is 9.53 Å². The molecule has 1 aromatic heterocycles. The van der Waals surface area contributed by atoms with Crippen molar-refractivity contribution in [3.8, 4) is 5.75 Å². The van der Waals surface area contributed by atoms with Crippen molar-refractivity contribution in [2.24, 2.45) is 0 Å². The maximum Gasteiger partial charge on any atom is 0.259 e.